The van der Waals surface area contributed by atoms with Gasteiger partial charge in [0.25, 0.3) is 0 Å². The number of unbranched alkanes of at least 4 members (excludes halogenated alkanes) is 13. The molecule has 2 nitrogen and oxygen atoms in total. The van der Waals surface area contributed by atoms with Crippen LogP contribution in [0.2, 0.25) is 0 Å². The second-order valence-corrected chi connectivity index (χ2v) is 7.76. The number of rotatable bonds is 18. The van der Waals surface area contributed by atoms with Crippen molar-refractivity contribution in [1.82, 2.24) is 5.06 Å². The molecule has 0 amide bonds. The van der Waals surface area contributed by atoms with Crippen molar-refractivity contribution in [2.24, 2.45) is 0 Å². The van der Waals surface area contributed by atoms with Crippen LogP contribution in [0.3, 0.4) is 0 Å². The van der Waals surface area contributed by atoms with Crippen molar-refractivity contribution < 1.29 is 0 Å². The molecular formula is C24H42NO-. The van der Waals surface area contributed by atoms with E-state index in [0.29, 0.717) is 13.1 Å². The van der Waals surface area contributed by atoms with Crippen LogP contribution in [-0.4, -0.2) is 18.2 Å². The van der Waals surface area contributed by atoms with Crippen LogP contribution in [0.5, 0.6) is 0 Å². The molecule has 0 spiro atoms. The Labute approximate surface area is 163 Å². The molecule has 0 atom stereocenters. The van der Waals surface area contributed by atoms with Crippen LogP contribution in [0.25, 0.3) is 0 Å². The zero-order chi connectivity index (χ0) is 18.7. The summed E-state index contributed by atoms with van der Waals surface area (Å²) < 4.78 is 0. The van der Waals surface area contributed by atoms with E-state index in [2.05, 4.69) is 19.1 Å². The molecule has 0 saturated carbocycles. The number of hydrogen-bond donors (Lipinski definition) is 0. The van der Waals surface area contributed by atoms with E-state index in [9.17, 15) is 5.21 Å². The summed E-state index contributed by atoms with van der Waals surface area (Å²) in [4.78, 5) is 0. The smallest absolute Gasteiger partial charge is 0.0103 e. The number of nitrogens with zero attached hydrogens (tertiary/aromatic N) is 1. The average molecular weight is 361 g/mol. The van der Waals surface area contributed by atoms with E-state index in [1.165, 1.54) is 94.1 Å². The predicted octanol–water partition coefficient (Wildman–Crippen LogP) is 7.51. The van der Waals surface area contributed by atoms with Gasteiger partial charge >= 0.3 is 0 Å². The third-order valence-electron chi connectivity index (χ3n) is 5.25. The fraction of sp³-hybridized carbons (Fsp3) is 0.750. The lowest BCUT2D eigenvalue weighted by Crippen LogP contribution is -2.20. The molecule has 0 unspecified atom stereocenters. The molecule has 0 heterocycles. The first-order valence-corrected chi connectivity index (χ1v) is 11.3. The summed E-state index contributed by atoms with van der Waals surface area (Å²) in [6, 6.07) is 10.3. The molecule has 0 aliphatic rings. The molecule has 0 radical (unpaired) electrons. The topological polar surface area (TPSA) is 26.3 Å². The highest BCUT2D eigenvalue weighted by Gasteiger charge is 1.97. The van der Waals surface area contributed by atoms with Crippen LogP contribution in [0, 0.1) is 5.21 Å². The average Bonchev–Trinajstić information content (AvgIpc) is 2.67. The summed E-state index contributed by atoms with van der Waals surface area (Å²) in [6.45, 7) is 3.61. The monoisotopic (exact) mass is 360 g/mol. The van der Waals surface area contributed by atoms with Gasteiger partial charge in [0, 0.05) is 0 Å². The first kappa shape index (κ1) is 23.2. The number of hydroxylamine groups is 2. The summed E-state index contributed by atoms with van der Waals surface area (Å²) in [5.74, 6) is 0. The molecule has 0 aliphatic carbocycles. The molecule has 150 valence electrons. The van der Waals surface area contributed by atoms with Crippen molar-refractivity contribution in [3.8, 4) is 0 Å². The summed E-state index contributed by atoms with van der Waals surface area (Å²) in [5.41, 5.74) is 1.26. The van der Waals surface area contributed by atoms with Gasteiger partial charge in [-0.15, -0.1) is 0 Å². The molecule has 0 saturated heterocycles. The first-order valence-electron chi connectivity index (χ1n) is 11.3. The van der Waals surface area contributed by atoms with Gasteiger partial charge in [-0.05, 0) is 31.5 Å². The van der Waals surface area contributed by atoms with Crippen molar-refractivity contribution in [2.45, 2.75) is 103 Å². The van der Waals surface area contributed by atoms with E-state index in [-0.39, 0.29) is 0 Å². The molecular weight excluding hydrogens is 318 g/mol. The minimum Gasteiger partial charge on any atom is -0.785 e. The van der Waals surface area contributed by atoms with E-state index in [1.54, 1.807) is 0 Å². The van der Waals surface area contributed by atoms with Gasteiger partial charge in [0.05, 0.1) is 0 Å². The SMILES string of the molecule is CCCCCCCCCCCCCCCCN([O-])CCc1ccccc1. The number of hydrogen-bond acceptors (Lipinski definition) is 2. The summed E-state index contributed by atoms with van der Waals surface area (Å²) in [7, 11) is 0. The van der Waals surface area contributed by atoms with Crippen LogP contribution in [0.15, 0.2) is 30.3 Å². The molecule has 0 aliphatic heterocycles. The Bertz CT molecular complexity index is 392. The Morgan fingerprint density at radius 1 is 0.615 bits per heavy atom. The van der Waals surface area contributed by atoms with Crippen molar-refractivity contribution in [1.29, 1.82) is 0 Å². The Hall–Kier alpha value is -0.860. The van der Waals surface area contributed by atoms with Crippen LogP contribution in [0.4, 0.5) is 0 Å². The highest BCUT2D eigenvalue weighted by molar-refractivity contribution is 5.14. The van der Waals surface area contributed by atoms with E-state index >= 15 is 0 Å². The fourth-order valence-electron chi connectivity index (χ4n) is 3.49. The minimum absolute atomic E-state index is 0.627. The lowest BCUT2D eigenvalue weighted by molar-refractivity contribution is 0.366. The van der Waals surface area contributed by atoms with Crippen LogP contribution in [-0.2, 0) is 6.42 Å². The highest BCUT2D eigenvalue weighted by atomic mass is 16.5. The van der Waals surface area contributed by atoms with Crippen molar-refractivity contribution in [3.63, 3.8) is 0 Å². The predicted molar refractivity (Wildman–Crippen MR) is 115 cm³/mol. The zero-order valence-corrected chi connectivity index (χ0v) is 17.3. The Morgan fingerprint density at radius 2 is 1.08 bits per heavy atom. The normalized spacial score (nSPS) is 11.3. The molecule has 1 aromatic carbocycles. The van der Waals surface area contributed by atoms with E-state index in [1.807, 2.05) is 18.2 Å². The molecule has 1 rings (SSSR count). The molecule has 0 bridgehead atoms. The molecule has 0 aromatic heterocycles. The van der Waals surface area contributed by atoms with Crippen molar-refractivity contribution in [2.75, 3.05) is 13.1 Å². The van der Waals surface area contributed by atoms with E-state index in [4.69, 9.17) is 0 Å². The molecule has 0 N–H and O–H groups in total. The first-order chi connectivity index (χ1) is 12.8. The van der Waals surface area contributed by atoms with Gasteiger partial charge in [-0.25, -0.2) is 0 Å². The van der Waals surface area contributed by atoms with Gasteiger partial charge in [-0.2, -0.15) is 0 Å². The lowest BCUT2D eigenvalue weighted by atomic mass is 10.0. The quantitative estimate of drug-likeness (QED) is 0.200. The minimum atomic E-state index is 0.627. The fourth-order valence-corrected chi connectivity index (χ4v) is 3.49. The van der Waals surface area contributed by atoms with Crippen LogP contribution < -0.4 is 0 Å². The molecule has 26 heavy (non-hydrogen) atoms. The van der Waals surface area contributed by atoms with Gasteiger partial charge in [0.1, 0.15) is 0 Å². The van der Waals surface area contributed by atoms with E-state index < -0.39 is 0 Å². The number of benzene rings is 1. The van der Waals surface area contributed by atoms with Gasteiger partial charge in [-0.3, -0.25) is 0 Å². The second-order valence-electron chi connectivity index (χ2n) is 7.76. The molecule has 0 fully saturated rings. The maximum absolute atomic E-state index is 11.9. The van der Waals surface area contributed by atoms with Gasteiger partial charge in [0.2, 0.25) is 0 Å². The Kier molecular flexibility index (Phi) is 15.6. The summed E-state index contributed by atoms with van der Waals surface area (Å²) in [6.07, 6.45) is 19.9. The maximum atomic E-state index is 11.9. The molecule has 2 heteroatoms. The van der Waals surface area contributed by atoms with E-state index in [0.717, 1.165) is 12.8 Å². The van der Waals surface area contributed by atoms with Crippen molar-refractivity contribution in [3.05, 3.63) is 41.1 Å². The van der Waals surface area contributed by atoms with Gasteiger partial charge in [-0.1, -0.05) is 121 Å². The third kappa shape index (κ3) is 14.3. The lowest BCUT2D eigenvalue weighted by Gasteiger charge is -2.28. The summed E-state index contributed by atoms with van der Waals surface area (Å²) >= 11 is 0. The third-order valence-corrected chi connectivity index (χ3v) is 5.25. The van der Waals surface area contributed by atoms with Crippen LogP contribution in [0.1, 0.15) is 102 Å². The second kappa shape index (κ2) is 17.5. The largest absolute Gasteiger partial charge is 0.785 e. The summed E-state index contributed by atoms with van der Waals surface area (Å²) in [5, 5.41) is 13.1. The zero-order valence-electron chi connectivity index (χ0n) is 17.3. The maximum Gasteiger partial charge on any atom is -0.0103 e. The van der Waals surface area contributed by atoms with Gasteiger partial charge in [0.15, 0.2) is 0 Å². The Morgan fingerprint density at radius 3 is 1.58 bits per heavy atom. The standard InChI is InChI=1S/C24H42NO/c1-2-3-4-5-6-7-8-9-10-11-12-13-14-18-22-25(26)23-21-24-19-16-15-17-20-24/h15-17,19-20H,2-14,18,21-23H2,1H3/q-1. The molecule has 1 aromatic rings. The highest BCUT2D eigenvalue weighted by Crippen LogP contribution is 2.13. The van der Waals surface area contributed by atoms with Crippen molar-refractivity contribution >= 4 is 0 Å². The van der Waals surface area contributed by atoms with Crippen LogP contribution >= 0.6 is 0 Å². The van der Waals surface area contributed by atoms with Gasteiger partial charge < -0.3 is 10.3 Å². The Balaban J connectivity index is 1.77.